The largest absolute Gasteiger partial charge is 0.481 e. The van der Waals surface area contributed by atoms with Crippen molar-refractivity contribution in [1.29, 1.82) is 0 Å². The zero-order chi connectivity index (χ0) is 17.0. The van der Waals surface area contributed by atoms with Gasteiger partial charge >= 0.3 is 6.18 Å². The van der Waals surface area contributed by atoms with Gasteiger partial charge < -0.3 is 15.8 Å². The average molecular weight is 329 g/mol. The van der Waals surface area contributed by atoms with Crippen LogP contribution >= 0.6 is 0 Å². The summed E-state index contributed by atoms with van der Waals surface area (Å²) in [5.41, 5.74) is 5.70. The first-order chi connectivity index (χ1) is 10.7. The van der Waals surface area contributed by atoms with Crippen LogP contribution in [0.4, 0.5) is 29.1 Å². The molecule has 3 N–H and O–H groups in total. The second-order valence-electron chi connectivity index (χ2n) is 4.47. The van der Waals surface area contributed by atoms with Gasteiger partial charge in [0.25, 0.3) is 5.91 Å². The maximum Gasteiger partial charge on any atom is 0.422 e. The highest BCUT2D eigenvalue weighted by molar-refractivity contribution is 6.04. The molecule has 1 heterocycles. The molecule has 1 amide bonds. The molecule has 1 aromatic carbocycles. The third-order valence-corrected chi connectivity index (χ3v) is 2.62. The minimum atomic E-state index is -4.57. The quantitative estimate of drug-likeness (QED) is 0.846. The van der Waals surface area contributed by atoms with E-state index in [0.29, 0.717) is 0 Å². The lowest BCUT2D eigenvalue weighted by atomic mass is 10.2. The molecule has 0 fully saturated rings. The predicted octanol–water partition coefficient (Wildman–Crippen LogP) is 3.00. The summed E-state index contributed by atoms with van der Waals surface area (Å²) in [5.74, 6) is -2.02. The van der Waals surface area contributed by atoms with Crippen molar-refractivity contribution in [2.45, 2.75) is 6.18 Å². The molecular formula is C14H11F4N3O2. The summed E-state index contributed by atoms with van der Waals surface area (Å²) < 4.78 is 54.1. The first-order valence-corrected chi connectivity index (χ1v) is 6.26. The third kappa shape index (κ3) is 4.83. The Morgan fingerprint density at radius 3 is 2.61 bits per heavy atom. The van der Waals surface area contributed by atoms with E-state index in [2.05, 4.69) is 15.0 Å². The molecule has 0 aliphatic carbocycles. The van der Waals surface area contributed by atoms with Gasteiger partial charge in [-0.05, 0) is 24.3 Å². The summed E-state index contributed by atoms with van der Waals surface area (Å²) >= 11 is 0. The lowest BCUT2D eigenvalue weighted by Crippen LogP contribution is -2.19. The Labute approximate surface area is 128 Å². The van der Waals surface area contributed by atoms with E-state index >= 15 is 0 Å². The van der Waals surface area contributed by atoms with Gasteiger partial charge in [0.1, 0.15) is 5.82 Å². The minimum Gasteiger partial charge on any atom is -0.481 e. The van der Waals surface area contributed by atoms with Gasteiger partial charge in [0.2, 0.25) is 0 Å². The number of nitrogens with zero attached hydrogens (tertiary/aromatic N) is 1. The Bertz CT molecular complexity index is 719. The molecule has 0 saturated carbocycles. The van der Waals surface area contributed by atoms with Crippen LogP contribution < -0.4 is 15.8 Å². The fourth-order valence-corrected chi connectivity index (χ4v) is 1.65. The van der Waals surface area contributed by atoms with E-state index < -0.39 is 30.3 Å². The summed E-state index contributed by atoms with van der Waals surface area (Å²) in [6.45, 7) is -1.61. The summed E-state index contributed by atoms with van der Waals surface area (Å²) in [6.07, 6.45) is -3.24. The van der Waals surface area contributed by atoms with Crippen LogP contribution in [-0.4, -0.2) is 23.7 Å². The van der Waals surface area contributed by atoms with Crippen LogP contribution in [0.2, 0.25) is 0 Å². The smallest absolute Gasteiger partial charge is 0.422 e. The summed E-state index contributed by atoms with van der Waals surface area (Å²) in [6, 6.07) is 5.80. The molecule has 2 aromatic rings. The van der Waals surface area contributed by atoms with E-state index in [1.807, 2.05) is 0 Å². The minimum absolute atomic E-state index is 0.0576. The molecule has 0 unspecified atom stereocenters. The van der Waals surface area contributed by atoms with E-state index in [0.717, 1.165) is 12.1 Å². The number of hydrogen-bond acceptors (Lipinski definition) is 4. The molecule has 0 bridgehead atoms. The van der Waals surface area contributed by atoms with Crippen molar-refractivity contribution in [1.82, 2.24) is 4.98 Å². The number of anilines is 2. The fraction of sp³-hybridized carbons (Fsp3) is 0.143. The standard InChI is InChI=1S/C14H11F4N3O2/c15-10-6-9(1-2-11(10)23-7-14(16,17)18)21-13(22)8-3-4-20-12(19)5-8/h1-6H,7H2,(H2,19,20)(H,21,22). The molecule has 5 nitrogen and oxygen atoms in total. The number of nitrogen functional groups attached to an aromatic ring is 1. The molecule has 0 aliphatic rings. The van der Waals surface area contributed by atoms with Crippen LogP contribution in [0.3, 0.4) is 0 Å². The molecule has 0 atom stereocenters. The van der Waals surface area contributed by atoms with E-state index in [4.69, 9.17) is 5.73 Å². The number of alkyl halides is 3. The molecule has 9 heteroatoms. The number of pyridine rings is 1. The Morgan fingerprint density at radius 2 is 2.00 bits per heavy atom. The topological polar surface area (TPSA) is 77.2 Å². The molecule has 0 radical (unpaired) electrons. The van der Waals surface area contributed by atoms with Crippen LogP contribution in [-0.2, 0) is 0 Å². The van der Waals surface area contributed by atoms with Crippen LogP contribution in [0.25, 0.3) is 0 Å². The fourth-order valence-electron chi connectivity index (χ4n) is 1.65. The maximum absolute atomic E-state index is 13.7. The van der Waals surface area contributed by atoms with Crippen molar-refractivity contribution in [3.8, 4) is 5.75 Å². The second-order valence-corrected chi connectivity index (χ2v) is 4.47. The lowest BCUT2D eigenvalue weighted by Gasteiger charge is -2.11. The highest BCUT2D eigenvalue weighted by Gasteiger charge is 2.29. The van der Waals surface area contributed by atoms with Crippen molar-refractivity contribution >= 4 is 17.4 Å². The van der Waals surface area contributed by atoms with Gasteiger partial charge in [0, 0.05) is 23.5 Å². The molecule has 2 rings (SSSR count). The van der Waals surface area contributed by atoms with Crippen LogP contribution in [0, 0.1) is 5.82 Å². The first-order valence-electron chi connectivity index (χ1n) is 6.26. The molecule has 0 aliphatic heterocycles. The maximum atomic E-state index is 13.7. The first kappa shape index (κ1) is 16.5. The number of nitrogens with two attached hydrogens (primary N) is 1. The van der Waals surface area contributed by atoms with Crippen LogP contribution in [0.15, 0.2) is 36.5 Å². The summed E-state index contributed by atoms with van der Waals surface area (Å²) in [4.78, 5) is 15.6. The molecule has 1 aromatic heterocycles. The van der Waals surface area contributed by atoms with Gasteiger partial charge in [-0.2, -0.15) is 13.2 Å². The van der Waals surface area contributed by atoms with E-state index in [1.54, 1.807) is 0 Å². The Kier molecular flexibility index (Phi) is 4.68. The van der Waals surface area contributed by atoms with Crippen LogP contribution in [0.5, 0.6) is 5.75 Å². The van der Waals surface area contributed by atoms with Gasteiger partial charge in [-0.15, -0.1) is 0 Å². The molecule has 122 valence electrons. The number of nitrogens with one attached hydrogen (secondary N) is 1. The second kappa shape index (κ2) is 6.51. The molecule has 23 heavy (non-hydrogen) atoms. The Hall–Kier alpha value is -2.84. The Balaban J connectivity index is 2.07. The van der Waals surface area contributed by atoms with Gasteiger partial charge in [0.15, 0.2) is 18.2 Å². The van der Waals surface area contributed by atoms with Gasteiger partial charge in [-0.3, -0.25) is 4.79 Å². The number of hydrogen-bond donors (Lipinski definition) is 2. The predicted molar refractivity (Wildman–Crippen MR) is 74.6 cm³/mol. The normalized spacial score (nSPS) is 11.1. The number of carbonyl (C=O) groups is 1. The Morgan fingerprint density at radius 1 is 1.26 bits per heavy atom. The number of halogens is 4. The highest BCUT2D eigenvalue weighted by Crippen LogP contribution is 2.24. The number of carbonyl (C=O) groups excluding carboxylic acids is 1. The number of aromatic nitrogens is 1. The molecule has 0 spiro atoms. The van der Waals surface area contributed by atoms with Crippen LogP contribution in [0.1, 0.15) is 10.4 Å². The highest BCUT2D eigenvalue weighted by atomic mass is 19.4. The number of amides is 1. The zero-order valence-electron chi connectivity index (χ0n) is 11.5. The van der Waals surface area contributed by atoms with Crippen molar-refractivity contribution in [2.75, 3.05) is 17.7 Å². The van der Waals surface area contributed by atoms with Gasteiger partial charge in [-0.25, -0.2) is 9.37 Å². The number of rotatable bonds is 4. The van der Waals surface area contributed by atoms with Crippen molar-refractivity contribution in [3.05, 3.63) is 47.9 Å². The van der Waals surface area contributed by atoms with E-state index in [1.165, 1.54) is 24.4 Å². The average Bonchev–Trinajstić information content (AvgIpc) is 2.45. The number of benzene rings is 1. The monoisotopic (exact) mass is 329 g/mol. The summed E-state index contributed by atoms with van der Waals surface area (Å²) in [5, 5.41) is 2.39. The zero-order valence-corrected chi connectivity index (χ0v) is 11.5. The SMILES string of the molecule is Nc1cc(C(=O)Nc2ccc(OCC(F)(F)F)c(F)c2)ccn1. The van der Waals surface area contributed by atoms with Crippen molar-refractivity contribution in [2.24, 2.45) is 0 Å². The van der Waals surface area contributed by atoms with E-state index in [-0.39, 0.29) is 17.1 Å². The van der Waals surface area contributed by atoms with E-state index in [9.17, 15) is 22.4 Å². The number of ether oxygens (including phenoxy) is 1. The lowest BCUT2D eigenvalue weighted by molar-refractivity contribution is -0.153. The van der Waals surface area contributed by atoms with Gasteiger partial charge in [0.05, 0.1) is 0 Å². The third-order valence-electron chi connectivity index (χ3n) is 2.62. The van der Waals surface area contributed by atoms with Crippen molar-refractivity contribution in [3.63, 3.8) is 0 Å². The molecular weight excluding hydrogens is 318 g/mol. The van der Waals surface area contributed by atoms with Gasteiger partial charge in [-0.1, -0.05) is 0 Å². The summed E-state index contributed by atoms with van der Waals surface area (Å²) in [7, 11) is 0. The molecule has 0 saturated heterocycles. The van der Waals surface area contributed by atoms with Crippen molar-refractivity contribution < 1.29 is 27.1 Å².